The number of hydrogen-bond acceptors (Lipinski definition) is 3. The maximum atomic E-state index is 11.7. The quantitative estimate of drug-likeness (QED) is 0.481. The standard InChI is InChI=1S/C13H18N2O3/c16-10-6-7-11(12(17)8-10)15-13(18)14-9-4-2-1-3-5-9/h6-9,16-17H,1-5H2,(H2,14,15,18). The normalized spacial score (nSPS) is 16.2. The van der Waals surface area contributed by atoms with Gasteiger partial charge in [0.15, 0.2) is 0 Å². The van der Waals surface area contributed by atoms with E-state index in [2.05, 4.69) is 10.6 Å². The summed E-state index contributed by atoms with van der Waals surface area (Å²) in [5, 5.41) is 24.1. The van der Waals surface area contributed by atoms with Gasteiger partial charge in [-0.1, -0.05) is 19.3 Å². The van der Waals surface area contributed by atoms with Gasteiger partial charge in [-0.3, -0.25) is 0 Å². The van der Waals surface area contributed by atoms with Crippen molar-refractivity contribution in [2.45, 2.75) is 38.1 Å². The largest absolute Gasteiger partial charge is 0.508 e. The summed E-state index contributed by atoms with van der Waals surface area (Å²) in [7, 11) is 0. The molecule has 0 aromatic heterocycles. The van der Waals surface area contributed by atoms with Gasteiger partial charge >= 0.3 is 6.03 Å². The molecule has 0 bridgehead atoms. The highest BCUT2D eigenvalue weighted by molar-refractivity contribution is 5.91. The first kappa shape index (κ1) is 12.5. The summed E-state index contributed by atoms with van der Waals surface area (Å²) in [6.45, 7) is 0. The van der Waals surface area contributed by atoms with Crippen LogP contribution in [0.2, 0.25) is 0 Å². The molecule has 5 heteroatoms. The molecule has 1 aromatic carbocycles. The van der Waals surface area contributed by atoms with Gasteiger partial charge < -0.3 is 20.8 Å². The van der Waals surface area contributed by atoms with Gasteiger partial charge in [0.05, 0.1) is 5.69 Å². The van der Waals surface area contributed by atoms with Crippen LogP contribution >= 0.6 is 0 Å². The smallest absolute Gasteiger partial charge is 0.319 e. The van der Waals surface area contributed by atoms with Crippen molar-refractivity contribution in [3.8, 4) is 11.5 Å². The molecule has 1 aromatic rings. The highest BCUT2D eigenvalue weighted by atomic mass is 16.3. The van der Waals surface area contributed by atoms with E-state index in [1.54, 1.807) is 0 Å². The number of carbonyl (C=O) groups excluding carboxylic acids is 1. The lowest BCUT2D eigenvalue weighted by molar-refractivity contribution is 0.244. The van der Waals surface area contributed by atoms with E-state index in [1.165, 1.54) is 24.6 Å². The first-order valence-electron chi connectivity index (χ1n) is 6.24. The Hall–Kier alpha value is -1.91. The zero-order valence-electron chi connectivity index (χ0n) is 10.1. The van der Waals surface area contributed by atoms with Crippen LogP contribution in [0, 0.1) is 0 Å². The molecule has 0 unspecified atom stereocenters. The van der Waals surface area contributed by atoms with E-state index in [-0.39, 0.29) is 23.6 Å². The Morgan fingerprint density at radius 2 is 1.89 bits per heavy atom. The first-order valence-corrected chi connectivity index (χ1v) is 6.24. The highest BCUT2D eigenvalue weighted by Crippen LogP contribution is 2.27. The fraction of sp³-hybridized carbons (Fsp3) is 0.462. The van der Waals surface area contributed by atoms with Crippen molar-refractivity contribution in [3.05, 3.63) is 18.2 Å². The highest BCUT2D eigenvalue weighted by Gasteiger charge is 2.16. The minimum Gasteiger partial charge on any atom is -0.508 e. The molecule has 4 N–H and O–H groups in total. The molecule has 98 valence electrons. The number of rotatable bonds is 2. The van der Waals surface area contributed by atoms with E-state index in [1.807, 2.05) is 0 Å². The lowest BCUT2D eigenvalue weighted by Crippen LogP contribution is -2.39. The number of hydrogen-bond donors (Lipinski definition) is 4. The molecule has 0 heterocycles. The number of anilines is 1. The molecular weight excluding hydrogens is 232 g/mol. The predicted molar refractivity (Wildman–Crippen MR) is 68.8 cm³/mol. The molecule has 0 spiro atoms. The second kappa shape index (κ2) is 5.62. The minimum absolute atomic E-state index is 0.0364. The van der Waals surface area contributed by atoms with Crippen LogP contribution in [0.1, 0.15) is 32.1 Å². The molecule has 5 nitrogen and oxygen atoms in total. The number of urea groups is 1. The number of amides is 2. The van der Waals surface area contributed by atoms with E-state index >= 15 is 0 Å². The lowest BCUT2D eigenvalue weighted by Gasteiger charge is -2.22. The molecule has 18 heavy (non-hydrogen) atoms. The SMILES string of the molecule is O=C(Nc1ccc(O)cc1O)NC1CCCCC1. The summed E-state index contributed by atoms with van der Waals surface area (Å²) in [6.07, 6.45) is 5.55. The molecule has 0 saturated heterocycles. The van der Waals surface area contributed by atoms with E-state index < -0.39 is 0 Å². The number of carbonyl (C=O) groups is 1. The Morgan fingerprint density at radius 3 is 2.56 bits per heavy atom. The van der Waals surface area contributed by atoms with Crippen LogP contribution in [0.15, 0.2) is 18.2 Å². The third-order valence-corrected chi connectivity index (χ3v) is 3.17. The van der Waals surface area contributed by atoms with Gasteiger partial charge in [-0.25, -0.2) is 4.79 Å². The summed E-state index contributed by atoms with van der Waals surface area (Å²) < 4.78 is 0. The van der Waals surface area contributed by atoms with Crippen molar-refractivity contribution in [1.29, 1.82) is 0 Å². The predicted octanol–water partition coefficient (Wildman–Crippen LogP) is 2.55. The Morgan fingerprint density at radius 1 is 1.17 bits per heavy atom. The maximum Gasteiger partial charge on any atom is 0.319 e. The summed E-state index contributed by atoms with van der Waals surface area (Å²) in [4.78, 5) is 11.7. The number of benzene rings is 1. The van der Waals surface area contributed by atoms with E-state index in [0.717, 1.165) is 25.7 Å². The van der Waals surface area contributed by atoms with Crippen LogP contribution < -0.4 is 10.6 Å². The second-order valence-electron chi connectivity index (χ2n) is 4.63. The molecule has 0 radical (unpaired) electrons. The topological polar surface area (TPSA) is 81.6 Å². The fourth-order valence-electron chi connectivity index (χ4n) is 2.22. The van der Waals surface area contributed by atoms with Crippen molar-refractivity contribution in [2.24, 2.45) is 0 Å². The molecule has 1 aliphatic carbocycles. The van der Waals surface area contributed by atoms with E-state index in [4.69, 9.17) is 5.11 Å². The number of phenolic OH excluding ortho intramolecular Hbond substituents is 2. The van der Waals surface area contributed by atoms with Crippen LogP contribution in [0.25, 0.3) is 0 Å². The number of aromatic hydroxyl groups is 2. The number of nitrogens with one attached hydrogen (secondary N) is 2. The molecule has 2 rings (SSSR count). The molecule has 1 aliphatic rings. The third kappa shape index (κ3) is 3.29. The zero-order valence-corrected chi connectivity index (χ0v) is 10.1. The Bertz CT molecular complexity index is 428. The van der Waals surface area contributed by atoms with E-state index in [0.29, 0.717) is 5.69 Å². The van der Waals surface area contributed by atoms with Crippen LogP contribution in [0.4, 0.5) is 10.5 Å². The monoisotopic (exact) mass is 250 g/mol. The second-order valence-corrected chi connectivity index (χ2v) is 4.63. The Balaban J connectivity index is 1.90. The summed E-state index contributed by atoms with van der Waals surface area (Å²) in [5.41, 5.74) is 0.293. The van der Waals surface area contributed by atoms with Gasteiger partial charge in [-0.15, -0.1) is 0 Å². The number of phenols is 2. The van der Waals surface area contributed by atoms with Gasteiger partial charge in [0.25, 0.3) is 0 Å². The molecule has 1 saturated carbocycles. The van der Waals surface area contributed by atoms with Gasteiger partial charge in [0.1, 0.15) is 11.5 Å². The molecule has 1 fully saturated rings. The maximum absolute atomic E-state index is 11.7. The summed E-state index contributed by atoms with van der Waals surface area (Å²) >= 11 is 0. The van der Waals surface area contributed by atoms with Crippen molar-refractivity contribution < 1.29 is 15.0 Å². The Labute approximate surface area is 106 Å². The lowest BCUT2D eigenvalue weighted by atomic mass is 9.96. The summed E-state index contributed by atoms with van der Waals surface area (Å²) in [5.74, 6) is -0.181. The van der Waals surface area contributed by atoms with Crippen molar-refractivity contribution in [1.82, 2.24) is 5.32 Å². The third-order valence-electron chi connectivity index (χ3n) is 3.17. The minimum atomic E-state index is -0.317. The zero-order chi connectivity index (χ0) is 13.0. The average molecular weight is 250 g/mol. The van der Waals surface area contributed by atoms with Gasteiger partial charge in [-0.2, -0.15) is 0 Å². The van der Waals surface area contributed by atoms with Crippen LogP contribution in [0.3, 0.4) is 0 Å². The van der Waals surface area contributed by atoms with Crippen molar-refractivity contribution in [2.75, 3.05) is 5.32 Å². The van der Waals surface area contributed by atoms with Crippen molar-refractivity contribution in [3.63, 3.8) is 0 Å². The molecule has 2 amide bonds. The first-order chi connectivity index (χ1) is 8.65. The van der Waals surface area contributed by atoms with Crippen LogP contribution in [0.5, 0.6) is 11.5 Å². The van der Waals surface area contributed by atoms with Crippen LogP contribution in [-0.4, -0.2) is 22.3 Å². The summed E-state index contributed by atoms with van der Waals surface area (Å²) in [6, 6.07) is 3.97. The molecule has 0 aliphatic heterocycles. The fourth-order valence-corrected chi connectivity index (χ4v) is 2.22. The molecular formula is C13H18N2O3. The van der Waals surface area contributed by atoms with E-state index in [9.17, 15) is 9.90 Å². The Kier molecular flexibility index (Phi) is 3.92. The van der Waals surface area contributed by atoms with Gasteiger partial charge in [0.2, 0.25) is 0 Å². The van der Waals surface area contributed by atoms with Crippen molar-refractivity contribution >= 4 is 11.7 Å². The average Bonchev–Trinajstić information content (AvgIpc) is 2.34. The van der Waals surface area contributed by atoms with Gasteiger partial charge in [0, 0.05) is 12.1 Å². The van der Waals surface area contributed by atoms with Gasteiger partial charge in [-0.05, 0) is 25.0 Å². The molecule has 0 atom stereocenters. The van der Waals surface area contributed by atoms with Crippen LogP contribution in [-0.2, 0) is 0 Å².